The van der Waals surface area contributed by atoms with Gasteiger partial charge in [0.25, 0.3) is 0 Å². The zero-order valence-corrected chi connectivity index (χ0v) is 11.1. The van der Waals surface area contributed by atoms with Crippen molar-refractivity contribution in [3.8, 4) is 0 Å². The Morgan fingerprint density at radius 3 is 2.56 bits per heavy atom. The number of carbonyl (C=O) groups is 2. The fourth-order valence-electron chi connectivity index (χ4n) is 3.14. The van der Waals surface area contributed by atoms with E-state index in [1.54, 1.807) is 0 Å². The second kappa shape index (κ2) is 5.26. The van der Waals surface area contributed by atoms with Crippen LogP contribution in [0.15, 0.2) is 0 Å². The van der Waals surface area contributed by atoms with Crippen LogP contribution in [-0.2, 0) is 9.59 Å². The molecule has 5 nitrogen and oxygen atoms in total. The molecule has 3 N–H and O–H groups in total. The van der Waals surface area contributed by atoms with Gasteiger partial charge in [0.05, 0.1) is 11.3 Å². The molecule has 1 atom stereocenters. The molecule has 102 valence electrons. The van der Waals surface area contributed by atoms with E-state index in [0.29, 0.717) is 13.1 Å². The van der Waals surface area contributed by atoms with Crippen LogP contribution in [0, 0.1) is 11.3 Å². The second-order valence-corrected chi connectivity index (χ2v) is 5.52. The molecule has 5 heteroatoms. The molecule has 0 saturated carbocycles. The third kappa shape index (κ3) is 2.36. The van der Waals surface area contributed by atoms with Gasteiger partial charge in [-0.25, -0.2) is 0 Å². The first-order chi connectivity index (χ1) is 8.59. The smallest absolute Gasteiger partial charge is 0.228 e. The van der Waals surface area contributed by atoms with Crippen molar-refractivity contribution in [1.82, 2.24) is 10.2 Å². The van der Waals surface area contributed by atoms with Crippen molar-refractivity contribution >= 4 is 11.8 Å². The number of likely N-dealkylation sites (tertiary alicyclic amines) is 1. The van der Waals surface area contributed by atoms with Gasteiger partial charge in [-0.05, 0) is 38.8 Å². The third-order valence-corrected chi connectivity index (χ3v) is 4.57. The van der Waals surface area contributed by atoms with Crippen LogP contribution in [0.4, 0.5) is 0 Å². The molecule has 2 heterocycles. The van der Waals surface area contributed by atoms with Gasteiger partial charge in [-0.15, -0.1) is 0 Å². The van der Waals surface area contributed by atoms with Crippen molar-refractivity contribution in [3.63, 3.8) is 0 Å². The van der Waals surface area contributed by atoms with Crippen molar-refractivity contribution < 1.29 is 9.59 Å². The SMILES string of the molecule is CCC1(C(=O)N2CCC(C(N)=O)C2)CCNCC1. The molecular formula is C13H23N3O2. The Kier molecular flexibility index (Phi) is 3.90. The number of nitrogens with zero attached hydrogens (tertiary/aromatic N) is 1. The summed E-state index contributed by atoms with van der Waals surface area (Å²) >= 11 is 0. The maximum Gasteiger partial charge on any atom is 0.228 e. The lowest BCUT2D eigenvalue weighted by Gasteiger charge is -2.38. The van der Waals surface area contributed by atoms with E-state index in [1.807, 2.05) is 4.90 Å². The minimum atomic E-state index is -0.277. The molecule has 2 aliphatic rings. The third-order valence-electron chi connectivity index (χ3n) is 4.57. The standard InChI is InChI=1S/C13H23N3O2/c1-2-13(4-6-15-7-5-13)12(18)16-8-3-10(9-16)11(14)17/h10,15H,2-9H2,1H3,(H2,14,17). The molecule has 0 radical (unpaired) electrons. The Bertz CT molecular complexity index is 337. The molecule has 0 aromatic heterocycles. The molecule has 2 fully saturated rings. The Morgan fingerprint density at radius 2 is 2.06 bits per heavy atom. The van der Waals surface area contributed by atoms with Crippen LogP contribution in [-0.4, -0.2) is 42.9 Å². The first-order valence-corrected chi connectivity index (χ1v) is 6.88. The summed E-state index contributed by atoms with van der Waals surface area (Å²) in [5, 5.41) is 3.30. The lowest BCUT2D eigenvalue weighted by molar-refractivity contribution is -0.143. The maximum absolute atomic E-state index is 12.7. The molecular weight excluding hydrogens is 230 g/mol. The number of nitrogens with two attached hydrogens (primary N) is 1. The van der Waals surface area contributed by atoms with Gasteiger partial charge in [-0.1, -0.05) is 6.92 Å². The average molecular weight is 253 g/mol. The summed E-state index contributed by atoms with van der Waals surface area (Å²) in [4.78, 5) is 25.7. The topological polar surface area (TPSA) is 75.4 Å². The summed E-state index contributed by atoms with van der Waals surface area (Å²) in [5.74, 6) is -0.194. The maximum atomic E-state index is 12.7. The van der Waals surface area contributed by atoms with Gasteiger partial charge < -0.3 is 16.0 Å². The molecule has 18 heavy (non-hydrogen) atoms. The van der Waals surface area contributed by atoms with E-state index in [9.17, 15) is 9.59 Å². The van der Waals surface area contributed by atoms with E-state index >= 15 is 0 Å². The van der Waals surface area contributed by atoms with E-state index in [1.165, 1.54) is 0 Å². The molecule has 0 bridgehead atoms. The first kappa shape index (κ1) is 13.3. The lowest BCUT2D eigenvalue weighted by Crippen LogP contribution is -2.48. The Balaban J connectivity index is 2.04. The Labute approximate surface area is 108 Å². The fraction of sp³-hybridized carbons (Fsp3) is 0.846. The van der Waals surface area contributed by atoms with Crippen LogP contribution in [0.25, 0.3) is 0 Å². The van der Waals surface area contributed by atoms with Crippen molar-refractivity contribution in [2.45, 2.75) is 32.6 Å². The van der Waals surface area contributed by atoms with E-state index in [4.69, 9.17) is 5.73 Å². The normalized spacial score (nSPS) is 27.2. The molecule has 0 spiro atoms. The minimum absolute atomic E-state index is 0.149. The largest absolute Gasteiger partial charge is 0.369 e. The molecule has 2 rings (SSSR count). The number of hydrogen-bond acceptors (Lipinski definition) is 3. The van der Waals surface area contributed by atoms with Crippen molar-refractivity contribution in [3.05, 3.63) is 0 Å². The predicted octanol–water partition coefficient (Wildman–Crippen LogP) is 0.100. The highest BCUT2D eigenvalue weighted by Crippen LogP contribution is 2.36. The monoisotopic (exact) mass is 253 g/mol. The molecule has 2 saturated heterocycles. The van der Waals surface area contributed by atoms with Crippen LogP contribution < -0.4 is 11.1 Å². The fourth-order valence-corrected chi connectivity index (χ4v) is 3.14. The van der Waals surface area contributed by atoms with Crippen LogP contribution in [0.1, 0.15) is 32.6 Å². The Morgan fingerprint density at radius 1 is 1.39 bits per heavy atom. The molecule has 2 amide bonds. The van der Waals surface area contributed by atoms with Gasteiger partial charge >= 0.3 is 0 Å². The summed E-state index contributed by atoms with van der Waals surface area (Å²) in [6.45, 7) is 5.11. The van der Waals surface area contributed by atoms with E-state index in [2.05, 4.69) is 12.2 Å². The van der Waals surface area contributed by atoms with Gasteiger partial charge in [0.1, 0.15) is 0 Å². The van der Waals surface area contributed by atoms with E-state index < -0.39 is 0 Å². The number of amides is 2. The summed E-state index contributed by atoms with van der Waals surface area (Å²) in [6, 6.07) is 0. The zero-order valence-electron chi connectivity index (χ0n) is 11.1. The minimum Gasteiger partial charge on any atom is -0.369 e. The molecule has 0 aliphatic carbocycles. The predicted molar refractivity (Wildman–Crippen MR) is 68.7 cm³/mol. The number of carbonyl (C=O) groups excluding carboxylic acids is 2. The summed E-state index contributed by atoms with van der Waals surface area (Å²) in [5.41, 5.74) is 5.11. The van der Waals surface area contributed by atoms with Gasteiger partial charge in [0.15, 0.2) is 0 Å². The van der Waals surface area contributed by atoms with Crippen LogP contribution in [0.2, 0.25) is 0 Å². The highest BCUT2D eigenvalue weighted by Gasteiger charge is 2.42. The zero-order chi connectivity index (χ0) is 13.2. The number of piperidine rings is 1. The first-order valence-electron chi connectivity index (χ1n) is 6.88. The number of hydrogen-bond donors (Lipinski definition) is 2. The summed E-state index contributed by atoms with van der Waals surface area (Å²) in [7, 11) is 0. The Hall–Kier alpha value is -1.10. The average Bonchev–Trinajstić information content (AvgIpc) is 2.88. The van der Waals surface area contributed by atoms with Gasteiger partial charge in [0, 0.05) is 13.1 Å². The number of rotatable bonds is 3. The van der Waals surface area contributed by atoms with Gasteiger partial charge in [-0.2, -0.15) is 0 Å². The van der Waals surface area contributed by atoms with Crippen LogP contribution in [0.3, 0.4) is 0 Å². The lowest BCUT2D eigenvalue weighted by atomic mass is 9.75. The summed E-state index contributed by atoms with van der Waals surface area (Å²) in [6.07, 6.45) is 3.41. The van der Waals surface area contributed by atoms with Crippen LogP contribution in [0.5, 0.6) is 0 Å². The number of nitrogens with one attached hydrogen (secondary N) is 1. The van der Waals surface area contributed by atoms with E-state index in [-0.39, 0.29) is 23.1 Å². The summed E-state index contributed by atoms with van der Waals surface area (Å²) < 4.78 is 0. The molecule has 2 aliphatic heterocycles. The van der Waals surface area contributed by atoms with E-state index in [0.717, 1.165) is 38.8 Å². The number of primary amides is 1. The highest BCUT2D eigenvalue weighted by molar-refractivity contribution is 5.85. The second-order valence-electron chi connectivity index (χ2n) is 5.52. The molecule has 0 aromatic carbocycles. The van der Waals surface area contributed by atoms with Crippen molar-refractivity contribution in [2.24, 2.45) is 17.1 Å². The van der Waals surface area contributed by atoms with Crippen LogP contribution >= 0.6 is 0 Å². The molecule has 1 unspecified atom stereocenters. The quantitative estimate of drug-likeness (QED) is 0.749. The van der Waals surface area contributed by atoms with Crippen molar-refractivity contribution in [1.29, 1.82) is 0 Å². The highest BCUT2D eigenvalue weighted by atomic mass is 16.2. The van der Waals surface area contributed by atoms with Crippen molar-refractivity contribution in [2.75, 3.05) is 26.2 Å². The molecule has 0 aromatic rings. The van der Waals surface area contributed by atoms with Gasteiger partial charge in [0.2, 0.25) is 11.8 Å². The van der Waals surface area contributed by atoms with Gasteiger partial charge in [-0.3, -0.25) is 9.59 Å².